The summed E-state index contributed by atoms with van der Waals surface area (Å²) in [6, 6.07) is 1.95. The van der Waals surface area contributed by atoms with E-state index in [2.05, 4.69) is 15.5 Å². The molecule has 0 spiro atoms. The molecule has 0 saturated heterocycles. The van der Waals surface area contributed by atoms with Gasteiger partial charge in [-0.2, -0.15) is 5.10 Å². The molecule has 0 aliphatic rings. The SMILES string of the molecule is Cc1ccoc1CNc1cn[nH]c1. The van der Waals surface area contributed by atoms with Crippen molar-refractivity contribution in [1.29, 1.82) is 0 Å². The number of rotatable bonds is 3. The third kappa shape index (κ3) is 1.72. The fourth-order valence-electron chi connectivity index (χ4n) is 1.12. The van der Waals surface area contributed by atoms with E-state index in [4.69, 9.17) is 4.42 Å². The highest BCUT2D eigenvalue weighted by atomic mass is 16.3. The minimum Gasteiger partial charge on any atom is -0.467 e. The van der Waals surface area contributed by atoms with Gasteiger partial charge in [0.1, 0.15) is 5.76 Å². The van der Waals surface area contributed by atoms with Gasteiger partial charge in [-0.05, 0) is 18.6 Å². The van der Waals surface area contributed by atoms with Crippen LogP contribution in [0, 0.1) is 6.92 Å². The van der Waals surface area contributed by atoms with Gasteiger partial charge in [-0.1, -0.05) is 0 Å². The minimum atomic E-state index is 0.693. The summed E-state index contributed by atoms with van der Waals surface area (Å²) >= 11 is 0. The van der Waals surface area contributed by atoms with Crippen LogP contribution in [-0.4, -0.2) is 10.2 Å². The van der Waals surface area contributed by atoms with Gasteiger partial charge in [-0.15, -0.1) is 0 Å². The van der Waals surface area contributed by atoms with E-state index in [-0.39, 0.29) is 0 Å². The molecule has 0 saturated carbocycles. The molecule has 2 aromatic rings. The molecule has 2 heterocycles. The van der Waals surface area contributed by atoms with Crippen LogP contribution in [0.2, 0.25) is 0 Å². The molecule has 0 aromatic carbocycles. The molecule has 0 bridgehead atoms. The van der Waals surface area contributed by atoms with Crippen LogP contribution in [-0.2, 0) is 6.54 Å². The van der Waals surface area contributed by atoms with Crippen LogP contribution in [0.3, 0.4) is 0 Å². The number of H-pyrrole nitrogens is 1. The average molecular weight is 177 g/mol. The van der Waals surface area contributed by atoms with Crippen molar-refractivity contribution in [3.8, 4) is 0 Å². The lowest BCUT2D eigenvalue weighted by Gasteiger charge is -2.00. The largest absolute Gasteiger partial charge is 0.467 e. The normalized spacial score (nSPS) is 10.2. The van der Waals surface area contributed by atoms with Gasteiger partial charge in [0, 0.05) is 6.20 Å². The van der Waals surface area contributed by atoms with E-state index in [1.54, 1.807) is 18.7 Å². The molecule has 0 unspecified atom stereocenters. The van der Waals surface area contributed by atoms with Gasteiger partial charge in [0.25, 0.3) is 0 Å². The zero-order valence-electron chi connectivity index (χ0n) is 7.37. The van der Waals surface area contributed by atoms with E-state index in [1.165, 1.54) is 0 Å². The molecule has 0 fully saturated rings. The Hall–Kier alpha value is -1.71. The Morgan fingerprint density at radius 2 is 2.54 bits per heavy atom. The van der Waals surface area contributed by atoms with Crippen LogP contribution in [0.5, 0.6) is 0 Å². The number of nitrogens with one attached hydrogen (secondary N) is 2. The summed E-state index contributed by atoms with van der Waals surface area (Å²) in [7, 11) is 0. The summed E-state index contributed by atoms with van der Waals surface area (Å²) in [6.07, 6.45) is 5.23. The van der Waals surface area contributed by atoms with Gasteiger partial charge in [0.15, 0.2) is 0 Å². The number of nitrogens with zero attached hydrogens (tertiary/aromatic N) is 1. The average Bonchev–Trinajstić information content (AvgIpc) is 2.72. The third-order valence-corrected chi connectivity index (χ3v) is 1.92. The summed E-state index contributed by atoms with van der Waals surface area (Å²) in [5, 5.41) is 9.74. The number of aryl methyl sites for hydroxylation is 1. The van der Waals surface area contributed by atoms with Gasteiger partial charge in [0.2, 0.25) is 0 Å². The van der Waals surface area contributed by atoms with Crippen LogP contribution in [0.1, 0.15) is 11.3 Å². The third-order valence-electron chi connectivity index (χ3n) is 1.92. The molecule has 2 rings (SSSR count). The topological polar surface area (TPSA) is 53.9 Å². The predicted octanol–water partition coefficient (Wildman–Crippen LogP) is 1.92. The molecule has 4 heteroatoms. The molecule has 13 heavy (non-hydrogen) atoms. The molecule has 4 nitrogen and oxygen atoms in total. The van der Waals surface area contributed by atoms with Crippen molar-refractivity contribution in [3.63, 3.8) is 0 Å². The van der Waals surface area contributed by atoms with Crippen molar-refractivity contribution < 1.29 is 4.42 Å². The van der Waals surface area contributed by atoms with Crippen molar-refractivity contribution in [2.75, 3.05) is 5.32 Å². The van der Waals surface area contributed by atoms with Crippen molar-refractivity contribution >= 4 is 5.69 Å². The summed E-state index contributed by atoms with van der Waals surface area (Å²) in [5.41, 5.74) is 2.13. The molecule has 0 radical (unpaired) electrons. The standard InChI is InChI=1S/C9H11N3O/c1-7-2-3-13-9(7)6-10-8-4-11-12-5-8/h2-5,10H,6H2,1H3,(H,11,12). The van der Waals surface area contributed by atoms with Gasteiger partial charge >= 0.3 is 0 Å². The lowest BCUT2D eigenvalue weighted by atomic mass is 10.3. The fraction of sp³-hybridized carbons (Fsp3) is 0.222. The number of aromatic nitrogens is 2. The Balaban J connectivity index is 1.97. The van der Waals surface area contributed by atoms with Crippen molar-refractivity contribution in [1.82, 2.24) is 10.2 Å². The predicted molar refractivity (Wildman–Crippen MR) is 49.4 cm³/mol. The van der Waals surface area contributed by atoms with E-state index >= 15 is 0 Å². The number of hydrogen-bond donors (Lipinski definition) is 2. The zero-order valence-corrected chi connectivity index (χ0v) is 7.37. The second kappa shape index (κ2) is 3.35. The second-order valence-electron chi connectivity index (χ2n) is 2.87. The monoisotopic (exact) mass is 177 g/mol. The fourth-order valence-corrected chi connectivity index (χ4v) is 1.12. The number of anilines is 1. The highest BCUT2D eigenvalue weighted by Gasteiger charge is 2.00. The molecule has 0 atom stereocenters. The summed E-state index contributed by atoms with van der Waals surface area (Å²) in [4.78, 5) is 0. The molecular formula is C9H11N3O. The summed E-state index contributed by atoms with van der Waals surface area (Å²) in [5.74, 6) is 0.959. The Bertz CT molecular complexity index is 364. The van der Waals surface area contributed by atoms with Crippen molar-refractivity contribution in [2.24, 2.45) is 0 Å². The Labute approximate surface area is 76.0 Å². The Kier molecular flexibility index (Phi) is 2.04. The van der Waals surface area contributed by atoms with Crippen LogP contribution < -0.4 is 5.32 Å². The molecule has 2 aromatic heterocycles. The van der Waals surface area contributed by atoms with Crippen LogP contribution in [0.25, 0.3) is 0 Å². The van der Waals surface area contributed by atoms with E-state index in [0.29, 0.717) is 6.54 Å². The number of hydrogen-bond acceptors (Lipinski definition) is 3. The quantitative estimate of drug-likeness (QED) is 0.753. The Morgan fingerprint density at radius 3 is 3.15 bits per heavy atom. The number of furan rings is 1. The van der Waals surface area contributed by atoms with E-state index in [1.807, 2.05) is 13.0 Å². The van der Waals surface area contributed by atoms with E-state index in [9.17, 15) is 0 Å². The maximum atomic E-state index is 5.27. The molecule has 0 aliphatic heterocycles. The maximum absolute atomic E-state index is 5.27. The number of aromatic amines is 1. The molecule has 0 aliphatic carbocycles. The first-order valence-corrected chi connectivity index (χ1v) is 4.12. The molecule has 0 amide bonds. The highest BCUT2D eigenvalue weighted by molar-refractivity contribution is 5.38. The lowest BCUT2D eigenvalue weighted by molar-refractivity contribution is 0.515. The first-order valence-electron chi connectivity index (χ1n) is 4.12. The van der Waals surface area contributed by atoms with E-state index < -0.39 is 0 Å². The highest BCUT2D eigenvalue weighted by Crippen LogP contribution is 2.11. The van der Waals surface area contributed by atoms with E-state index in [0.717, 1.165) is 17.0 Å². The van der Waals surface area contributed by atoms with Gasteiger partial charge in [-0.3, -0.25) is 5.10 Å². The van der Waals surface area contributed by atoms with Crippen LogP contribution in [0.4, 0.5) is 5.69 Å². The van der Waals surface area contributed by atoms with Crippen LogP contribution in [0.15, 0.2) is 29.1 Å². The maximum Gasteiger partial charge on any atom is 0.125 e. The van der Waals surface area contributed by atoms with Gasteiger partial charge in [-0.25, -0.2) is 0 Å². The zero-order chi connectivity index (χ0) is 9.10. The first kappa shape index (κ1) is 7.91. The minimum absolute atomic E-state index is 0.693. The molecule has 68 valence electrons. The molecule has 2 N–H and O–H groups in total. The molecular weight excluding hydrogens is 166 g/mol. The van der Waals surface area contributed by atoms with Crippen molar-refractivity contribution in [2.45, 2.75) is 13.5 Å². The van der Waals surface area contributed by atoms with Gasteiger partial charge < -0.3 is 9.73 Å². The summed E-state index contributed by atoms with van der Waals surface area (Å²) < 4.78 is 5.27. The first-order chi connectivity index (χ1) is 6.36. The lowest BCUT2D eigenvalue weighted by Crippen LogP contribution is -1.97. The smallest absolute Gasteiger partial charge is 0.125 e. The second-order valence-corrected chi connectivity index (χ2v) is 2.87. The Morgan fingerprint density at radius 1 is 1.62 bits per heavy atom. The van der Waals surface area contributed by atoms with Gasteiger partial charge in [0.05, 0.1) is 24.7 Å². The van der Waals surface area contributed by atoms with Crippen molar-refractivity contribution in [3.05, 3.63) is 36.0 Å². The van der Waals surface area contributed by atoms with Crippen LogP contribution >= 0.6 is 0 Å². The summed E-state index contributed by atoms with van der Waals surface area (Å²) in [6.45, 7) is 2.72.